The Hall–Kier alpha value is -2.23. The van der Waals surface area contributed by atoms with Gasteiger partial charge in [0.1, 0.15) is 0 Å². The molecule has 2 aromatic rings. The first-order valence-corrected chi connectivity index (χ1v) is 10.0. The van der Waals surface area contributed by atoms with Gasteiger partial charge in [0.05, 0.1) is 25.4 Å². The van der Waals surface area contributed by atoms with E-state index in [2.05, 4.69) is 55.1 Å². The highest BCUT2D eigenvalue weighted by atomic mass is 16.5. The molecule has 4 nitrogen and oxygen atoms in total. The summed E-state index contributed by atoms with van der Waals surface area (Å²) in [5, 5.41) is 7.73. The van der Waals surface area contributed by atoms with Crippen LogP contribution in [0.3, 0.4) is 0 Å². The predicted octanol–water partition coefficient (Wildman–Crippen LogP) is 5.68. The van der Waals surface area contributed by atoms with Gasteiger partial charge in [-0.25, -0.2) is 4.68 Å². The Morgan fingerprint density at radius 2 is 2.11 bits per heavy atom. The summed E-state index contributed by atoms with van der Waals surface area (Å²) < 4.78 is 7.55. The van der Waals surface area contributed by atoms with Gasteiger partial charge >= 0.3 is 0 Å². The lowest BCUT2D eigenvalue weighted by atomic mass is 9.94. The van der Waals surface area contributed by atoms with Gasteiger partial charge in [-0.05, 0) is 44.2 Å². The number of nitrogens with zero attached hydrogens (tertiary/aromatic N) is 2. The van der Waals surface area contributed by atoms with Gasteiger partial charge in [-0.15, -0.1) is 0 Å². The third kappa shape index (κ3) is 4.94. The van der Waals surface area contributed by atoms with Crippen molar-refractivity contribution in [3.63, 3.8) is 0 Å². The van der Waals surface area contributed by atoms with Crippen LogP contribution in [0.1, 0.15) is 65.6 Å². The quantitative estimate of drug-likeness (QED) is 0.690. The van der Waals surface area contributed by atoms with Crippen molar-refractivity contribution < 1.29 is 7.59 Å². The van der Waals surface area contributed by atoms with Crippen LogP contribution in [0.5, 0.6) is 5.88 Å². The first-order chi connectivity index (χ1) is 12.9. The van der Waals surface area contributed by atoms with Gasteiger partial charge in [0.15, 0.2) is 0 Å². The van der Waals surface area contributed by atoms with E-state index in [1.807, 2.05) is 24.7 Å². The number of hydrogen-bond acceptors (Lipinski definition) is 3. The zero-order valence-electron chi connectivity index (χ0n) is 17.2. The average Bonchev–Trinajstić information content (AvgIpc) is 2.84. The molecule has 0 saturated carbocycles. The van der Waals surface area contributed by atoms with Gasteiger partial charge in [0.2, 0.25) is 5.88 Å². The zero-order chi connectivity index (χ0) is 19.4. The van der Waals surface area contributed by atoms with Crippen molar-refractivity contribution in [3.05, 3.63) is 59.4 Å². The average molecular weight is 372 g/mol. The Kier molecular flexibility index (Phi) is 5.93. The van der Waals surface area contributed by atoms with Gasteiger partial charge in [0.25, 0.3) is 0 Å². The number of ether oxygens (including phenoxy) is 1. The minimum Gasteiger partial charge on any atom is -0.477 e. The number of aryl methyl sites for hydroxylation is 2. The van der Waals surface area contributed by atoms with Crippen LogP contribution in [-0.2, 0) is 13.0 Å². The molecule has 4 heteroatoms. The van der Waals surface area contributed by atoms with Gasteiger partial charge < -0.3 is 10.1 Å². The monoisotopic (exact) mass is 371 g/mol. The summed E-state index contributed by atoms with van der Waals surface area (Å²) in [5.74, 6) is 0.939. The molecule has 0 saturated heterocycles. The maximum Gasteiger partial charge on any atom is 0.214 e. The van der Waals surface area contributed by atoms with Crippen molar-refractivity contribution in [2.75, 3.05) is 6.61 Å². The molecule has 1 unspecified atom stereocenters. The standard InChI is InChI=1S/C14H19N.C9H14N2O.2H2/c1-11(2)15-14-10-6-4-8-12-7-3-5-9-13(12)14;1-7-4-10-11-5-9(2,3)6-12-8(7)11;;/h3,5,7,9,14-15H,1,4,6,8,10H2,2H3;4H,5-6H2,1-3H3;2*1H. The van der Waals surface area contributed by atoms with E-state index in [1.54, 1.807) is 0 Å². The SMILES string of the molecule is C=C(C)NC1CCCCc2ccccc21.Cc1cnn2c1OCC(C)(C)C2.[HH].[HH]. The molecule has 2 heterocycles. The van der Waals surface area contributed by atoms with Crippen LogP contribution in [0.25, 0.3) is 0 Å². The van der Waals surface area contributed by atoms with E-state index in [0.717, 1.165) is 30.3 Å². The molecule has 27 heavy (non-hydrogen) atoms. The first-order valence-electron chi connectivity index (χ1n) is 10.0. The fraction of sp³-hybridized carbons (Fsp3) is 0.522. The van der Waals surface area contributed by atoms with Crippen LogP contribution in [-0.4, -0.2) is 16.4 Å². The summed E-state index contributed by atoms with van der Waals surface area (Å²) in [7, 11) is 0. The summed E-state index contributed by atoms with van der Waals surface area (Å²) in [6.07, 6.45) is 6.93. The van der Waals surface area contributed by atoms with Crippen molar-refractivity contribution in [1.29, 1.82) is 0 Å². The van der Waals surface area contributed by atoms with Crippen molar-refractivity contribution in [1.82, 2.24) is 15.1 Å². The van der Waals surface area contributed by atoms with Crippen molar-refractivity contribution in [2.45, 2.75) is 66.0 Å². The predicted molar refractivity (Wildman–Crippen MR) is 115 cm³/mol. The first kappa shape index (κ1) is 19.5. The molecule has 1 aromatic carbocycles. The third-order valence-electron chi connectivity index (χ3n) is 5.18. The van der Waals surface area contributed by atoms with Crippen LogP contribution in [0.15, 0.2) is 42.7 Å². The van der Waals surface area contributed by atoms with Crippen molar-refractivity contribution in [3.8, 4) is 5.88 Å². The highest BCUT2D eigenvalue weighted by molar-refractivity contribution is 5.31. The van der Waals surface area contributed by atoms with E-state index in [9.17, 15) is 0 Å². The molecular weight excluding hydrogens is 334 g/mol. The molecule has 0 spiro atoms. The van der Waals surface area contributed by atoms with E-state index in [1.165, 1.54) is 36.8 Å². The van der Waals surface area contributed by atoms with E-state index in [4.69, 9.17) is 4.74 Å². The Morgan fingerprint density at radius 1 is 1.33 bits per heavy atom. The molecule has 2 aliphatic rings. The van der Waals surface area contributed by atoms with Crippen molar-refractivity contribution in [2.24, 2.45) is 5.41 Å². The second-order valence-corrected chi connectivity index (χ2v) is 8.67. The maximum atomic E-state index is 5.61. The molecule has 150 valence electrons. The number of hydrogen-bond donors (Lipinski definition) is 1. The summed E-state index contributed by atoms with van der Waals surface area (Å²) in [5.41, 5.74) is 5.39. The summed E-state index contributed by atoms with van der Waals surface area (Å²) >= 11 is 0. The molecular formula is C23H37N3O. The molecule has 1 aromatic heterocycles. The van der Waals surface area contributed by atoms with E-state index in [-0.39, 0.29) is 8.27 Å². The zero-order valence-corrected chi connectivity index (χ0v) is 17.2. The lowest BCUT2D eigenvalue weighted by molar-refractivity contribution is 0.0996. The highest BCUT2D eigenvalue weighted by Gasteiger charge is 2.27. The highest BCUT2D eigenvalue weighted by Crippen LogP contribution is 2.30. The minimum atomic E-state index is 0. The fourth-order valence-corrected chi connectivity index (χ4v) is 3.85. The van der Waals surface area contributed by atoms with Crippen LogP contribution in [0, 0.1) is 12.3 Å². The van der Waals surface area contributed by atoms with Crippen molar-refractivity contribution >= 4 is 0 Å². The van der Waals surface area contributed by atoms with Gasteiger partial charge in [-0.2, -0.15) is 5.10 Å². The topological polar surface area (TPSA) is 39.1 Å². The molecule has 1 atom stereocenters. The number of nitrogens with one attached hydrogen (secondary N) is 1. The van der Waals surface area contributed by atoms with E-state index >= 15 is 0 Å². The number of aromatic nitrogens is 2. The lowest BCUT2D eigenvalue weighted by Crippen LogP contribution is -2.33. The van der Waals surface area contributed by atoms with E-state index in [0.29, 0.717) is 6.04 Å². The Labute approximate surface area is 166 Å². The Bertz CT molecular complexity index is 801. The second kappa shape index (κ2) is 8.20. The molecule has 0 bridgehead atoms. The fourth-order valence-electron chi connectivity index (χ4n) is 3.85. The molecule has 1 aliphatic heterocycles. The Morgan fingerprint density at radius 3 is 2.89 bits per heavy atom. The number of benzene rings is 1. The molecule has 0 fully saturated rings. The number of fused-ring (bicyclic) bond motifs is 2. The third-order valence-corrected chi connectivity index (χ3v) is 5.18. The van der Waals surface area contributed by atoms with Crippen LogP contribution in [0.4, 0.5) is 0 Å². The van der Waals surface area contributed by atoms with Gasteiger partial charge in [-0.3, -0.25) is 0 Å². The number of rotatable bonds is 2. The largest absolute Gasteiger partial charge is 0.477 e. The van der Waals surface area contributed by atoms with Gasteiger partial charge in [0, 0.05) is 19.5 Å². The molecule has 0 amide bonds. The van der Waals surface area contributed by atoms with Crippen LogP contribution in [0.2, 0.25) is 0 Å². The lowest BCUT2D eigenvalue weighted by Gasteiger charge is -2.30. The molecule has 1 N–H and O–H groups in total. The normalized spacial score (nSPS) is 20.1. The smallest absolute Gasteiger partial charge is 0.214 e. The number of allylic oxidation sites excluding steroid dienone is 1. The van der Waals surface area contributed by atoms with Gasteiger partial charge in [-0.1, -0.05) is 51.1 Å². The van der Waals surface area contributed by atoms with Crippen LogP contribution >= 0.6 is 0 Å². The summed E-state index contributed by atoms with van der Waals surface area (Å²) in [6, 6.07) is 9.26. The van der Waals surface area contributed by atoms with Crippen LogP contribution < -0.4 is 10.1 Å². The molecule has 1 aliphatic carbocycles. The molecule has 4 rings (SSSR count). The molecule has 0 radical (unpaired) electrons. The van der Waals surface area contributed by atoms with E-state index < -0.39 is 0 Å². The summed E-state index contributed by atoms with van der Waals surface area (Å²) in [4.78, 5) is 0. The Balaban J connectivity index is 0.000000277. The second-order valence-electron chi connectivity index (χ2n) is 8.67. The maximum absolute atomic E-state index is 5.61. The summed E-state index contributed by atoms with van der Waals surface area (Å²) in [6.45, 7) is 14.1. The minimum absolute atomic E-state index is 0.